The number of fused-ring (bicyclic) bond motifs is 1. The summed E-state index contributed by atoms with van der Waals surface area (Å²) in [4.78, 5) is 22.2. The van der Waals surface area contributed by atoms with Crippen LogP contribution in [-0.2, 0) is 4.79 Å². The van der Waals surface area contributed by atoms with E-state index in [-0.39, 0.29) is 11.7 Å². The third-order valence-electron chi connectivity index (χ3n) is 5.84. The molecular weight excluding hydrogens is 460 g/mol. The molecule has 0 aliphatic carbocycles. The number of aromatic hydroxyl groups is 1. The lowest BCUT2D eigenvalue weighted by Gasteiger charge is -2.28. The lowest BCUT2D eigenvalue weighted by Crippen LogP contribution is -2.31. The predicted octanol–water partition coefficient (Wildman–Crippen LogP) is 3.99. The van der Waals surface area contributed by atoms with Gasteiger partial charge in [-0.25, -0.2) is 4.68 Å². The summed E-state index contributed by atoms with van der Waals surface area (Å²) in [7, 11) is 3.13. The van der Waals surface area contributed by atoms with Gasteiger partial charge in [0.05, 0.1) is 31.7 Å². The van der Waals surface area contributed by atoms with Crippen molar-refractivity contribution in [1.82, 2.24) is 19.7 Å². The van der Waals surface area contributed by atoms with Gasteiger partial charge in [0.25, 0.3) is 5.91 Å². The Hall–Kier alpha value is -4.86. The number of methoxy groups -OCH3 is 2. The van der Waals surface area contributed by atoms with E-state index in [0.29, 0.717) is 51.4 Å². The van der Waals surface area contributed by atoms with Gasteiger partial charge in [-0.3, -0.25) is 9.78 Å². The molecule has 0 fully saturated rings. The molecule has 1 aliphatic rings. The Labute approximate surface area is 207 Å². The van der Waals surface area contributed by atoms with Gasteiger partial charge in [-0.05, 0) is 55.0 Å². The van der Waals surface area contributed by atoms with Gasteiger partial charge in [-0.15, -0.1) is 5.10 Å². The monoisotopic (exact) mass is 484 g/mol. The number of rotatable bonds is 6. The van der Waals surface area contributed by atoms with E-state index < -0.39 is 6.04 Å². The quantitative estimate of drug-likeness (QED) is 0.375. The predicted molar refractivity (Wildman–Crippen MR) is 134 cm³/mol. The van der Waals surface area contributed by atoms with Crippen LogP contribution in [0.2, 0.25) is 0 Å². The van der Waals surface area contributed by atoms with Crippen molar-refractivity contribution < 1.29 is 19.4 Å². The van der Waals surface area contributed by atoms with Crippen molar-refractivity contribution in [3.8, 4) is 28.6 Å². The highest BCUT2D eigenvalue weighted by Crippen LogP contribution is 2.38. The minimum absolute atomic E-state index is 0.0810. The van der Waals surface area contributed by atoms with Crippen LogP contribution < -0.4 is 20.1 Å². The molecule has 1 atom stereocenters. The summed E-state index contributed by atoms with van der Waals surface area (Å²) in [6, 6.07) is 15.0. The first kappa shape index (κ1) is 22.9. The molecule has 0 saturated carbocycles. The number of carbonyl (C=O) groups excluding carboxylic acids is 1. The molecule has 36 heavy (non-hydrogen) atoms. The average molecular weight is 485 g/mol. The summed E-state index contributed by atoms with van der Waals surface area (Å²) >= 11 is 0. The van der Waals surface area contributed by atoms with Crippen molar-refractivity contribution in [2.45, 2.75) is 13.0 Å². The van der Waals surface area contributed by atoms with Gasteiger partial charge in [-0.2, -0.15) is 4.98 Å². The number of phenolic OH excluding ortho intramolecular Hbond substituents is 1. The van der Waals surface area contributed by atoms with Crippen molar-refractivity contribution >= 4 is 17.5 Å². The number of carbonyl (C=O) groups is 1. The Balaban J connectivity index is 1.60. The Morgan fingerprint density at radius 2 is 1.92 bits per heavy atom. The summed E-state index contributed by atoms with van der Waals surface area (Å²) in [5, 5.41) is 21.1. The summed E-state index contributed by atoms with van der Waals surface area (Å²) in [6.07, 6.45) is 3.21. The molecule has 2 aromatic carbocycles. The second-order valence-electron chi connectivity index (χ2n) is 8.13. The van der Waals surface area contributed by atoms with E-state index in [4.69, 9.17) is 14.6 Å². The Kier molecular flexibility index (Phi) is 5.99. The van der Waals surface area contributed by atoms with Crippen LogP contribution >= 0.6 is 0 Å². The fourth-order valence-corrected chi connectivity index (χ4v) is 4.18. The number of hydrogen-bond donors (Lipinski definition) is 3. The van der Waals surface area contributed by atoms with E-state index in [2.05, 4.69) is 20.6 Å². The molecule has 10 nitrogen and oxygen atoms in total. The smallest absolute Gasteiger partial charge is 0.255 e. The zero-order chi connectivity index (χ0) is 25.2. The molecule has 3 N–H and O–H groups in total. The van der Waals surface area contributed by atoms with Crippen LogP contribution in [-0.4, -0.2) is 45.0 Å². The average Bonchev–Trinajstić information content (AvgIpc) is 3.31. The molecule has 10 heteroatoms. The summed E-state index contributed by atoms with van der Waals surface area (Å²) in [5.74, 6) is 1.79. The van der Waals surface area contributed by atoms with Crippen LogP contribution in [0.25, 0.3) is 11.4 Å². The molecule has 0 spiro atoms. The summed E-state index contributed by atoms with van der Waals surface area (Å²) in [6.45, 7) is 1.81. The highest BCUT2D eigenvalue weighted by molar-refractivity contribution is 6.06. The third-order valence-corrected chi connectivity index (χ3v) is 5.84. The number of anilines is 2. The van der Waals surface area contributed by atoms with E-state index in [1.165, 1.54) is 0 Å². The maximum atomic E-state index is 13.5. The zero-order valence-corrected chi connectivity index (χ0v) is 19.9. The van der Waals surface area contributed by atoms with Gasteiger partial charge in [0, 0.05) is 17.5 Å². The maximum absolute atomic E-state index is 13.5. The number of phenols is 1. The maximum Gasteiger partial charge on any atom is 0.255 e. The summed E-state index contributed by atoms with van der Waals surface area (Å²) < 4.78 is 12.4. The van der Waals surface area contributed by atoms with Crippen molar-refractivity contribution in [3.63, 3.8) is 0 Å². The number of pyridine rings is 1. The van der Waals surface area contributed by atoms with Crippen molar-refractivity contribution in [3.05, 3.63) is 83.8 Å². The zero-order valence-electron chi connectivity index (χ0n) is 19.9. The van der Waals surface area contributed by atoms with Gasteiger partial charge in [0.2, 0.25) is 5.95 Å². The standard InChI is InChI=1S/C26H24N6O4/c1-15-22(25(34)29-18-7-5-11-27-14-18)23(16-6-4-8-19(33)12-16)32-26(28-15)30-24(31-32)17-9-10-20(35-2)21(13-17)36-3/h4-14,23,33H,1-3H3,(H,29,34)(H,28,30,31). The first-order valence-corrected chi connectivity index (χ1v) is 11.2. The number of ether oxygens (including phenoxy) is 2. The van der Waals surface area contributed by atoms with Gasteiger partial charge >= 0.3 is 0 Å². The molecule has 0 bridgehead atoms. The number of allylic oxidation sites excluding steroid dienone is 1. The molecule has 1 aliphatic heterocycles. The first-order chi connectivity index (χ1) is 17.5. The Morgan fingerprint density at radius 1 is 1.08 bits per heavy atom. The topological polar surface area (TPSA) is 123 Å². The normalized spacial score (nSPS) is 14.6. The number of amides is 1. The number of hydrogen-bond acceptors (Lipinski definition) is 8. The molecule has 0 saturated heterocycles. The van der Waals surface area contributed by atoms with Crippen LogP contribution in [0, 0.1) is 0 Å². The van der Waals surface area contributed by atoms with E-state index >= 15 is 0 Å². The van der Waals surface area contributed by atoms with E-state index in [1.54, 1.807) is 73.8 Å². The fourth-order valence-electron chi connectivity index (χ4n) is 4.18. The van der Waals surface area contributed by atoms with Crippen molar-refractivity contribution in [1.29, 1.82) is 0 Å². The van der Waals surface area contributed by atoms with Crippen LogP contribution in [0.5, 0.6) is 17.2 Å². The van der Waals surface area contributed by atoms with Crippen LogP contribution in [0.15, 0.2) is 78.3 Å². The molecule has 2 aromatic heterocycles. The molecule has 3 heterocycles. The van der Waals surface area contributed by atoms with Crippen LogP contribution in [0.3, 0.4) is 0 Å². The number of aromatic nitrogens is 4. The number of benzene rings is 2. The number of nitrogens with one attached hydrogen (secondary N) is 2. The van der Waals surface area contributed by atoms with Gasteiger partial charge in [0.1, 0.15) is 11.8 Å². The van der Waals surface area contributed by atoms with Gasteiger partial charge in [-0.1, -0.05) is 12.1 Å². The lowest BCUT2D eigenvalue weighted by atomic mass is 9.95. The van der Waals surface area contributed by atoms with Gasteiger partial charge in [0.15, 0.2) is 17.3 Å². The van der Waals surface area contributed by atoms with Crippen molar-refractivity contribution in [2.24, 2.45) is 0 Å². The molecule has 1 unspecified atom stereocenters. The number of nitrogens with zero attached hydrogens (tertiary/aromatic N) is 4. The Morgan fingerprint density at radius 3 is 2.64 bits per heavy atom. The highest BCUT2D eigenvalue weighted by atomic mass is 16.5. The SMILES string of the molecule is COc1ccc(-c2nc3n(n2)C(c2cccc(O)c2)C(C(=O)Nc2cccnc2)=C(C)N3)cc1OC. The minimum atomic E-state index is -0.647. The van der Waals surface area contributed by atoms with E-state index in [9.17, 15) is 9.90 Å². The molecule has 1 amide bonds. The largest absolute Gasteiger partial charge is 0.508 e. The first-order valence-electron chi connectivity index (χ1n) is 11.2. The van der Waals surface area contributed by atoms with E-state index in [0.717, 1.165) is 0 Å². The fraction of sp³-hybridized carbons (Fsp3) is 0.154. The van der Waals surface area contributed by atoms with Crippen LogP contribution in [0.4, 0.5) is 11.6 Å². The molecule has 182 valence electrons. The molecule has 5 rings (SSSR count). The second kappa shape index (κ2) is 9.41. The van der Waals surface area contributed by atoms with Gasteiger partial charge < -0.3 is 25.2 Å². The third kappa shape index (κ3) is 4.20. The lowest BCUT2D eigenvalue weighted by molar-refractivity contribution is -0.113. The highest BCUT2D eigenvalue weighted by Gasteiger charge is 2.34. The van der Waals surface area contributed by atoms with Crippen LogP contribution in [0.1, 0.15) is 18.5 Å². The second-order valence-corrected chi connectivity index (χ2v) is 8.13. The molecule has 4 aromatic rings. The minimum Gasteiger partial charge on any atom is -0.508 e. The summed E-state index contributed by atoms with van der Waals surface area (Å²) in [5.41, 5.74) is 3.00. The molecule has 0 radical (unpaired) electrons. The van der Waals surface area contributed by atoms with Crippen molar-refractivity contribution in [2.75, 3.05) is 24.9 Å². The molecular formula is C26H24N6O4. The Bertz CT molecular complexity index is 1460. The van der Waals surface area contributed by atoms with E-state index in [1.807, 2.05) is 19.1 Å².